The fourth-order valence-electron chi connectivity index (χ4n) is 8.22. The zero-order valence-electron chi connectivity index (χ0n) is 21.6. The van der Waals surface area contributed by atoms with Gasteiger partial charge in [0.1, 0.15) is 5.78 Å². The fraction of sp³-hybridized carbons (Fsp3) is 0.931. The topological polar surface area (TPSA) is 43.4 Å². The van der Waals surface area contributed by atoms with Crippen LogP contribution in [0.2, 0.25) is 0 Å². The van der Waals surface area contributed by atoms with Crippen LogP contribution < -0.4 is 0 Å². The molecule has 3 heteroatoms. The molecule has 0 aromatic carbocycles. The summed E-state index contributed by atoms with van der Waals surface area (Å²) in [7, 11) is 1.49. The van der Waals surface area contributed by atoms with Crippen LogP contribution in [-0.2, 0) is 14.3 Å². The number of carbonyl (C=O) groups excluding carboxylic acids is 2. The van der Waals surface area contributed by atoms with Gasteiger partial charge in [-0.2, -0.15) is 0 Å². The molecule has 0 radical (unpaired) electrons. The molecule has 2 unspecified atom stereocenters. The lowest BCUT2D eigenvalue weighted by molar-refractivity contribution is -0.141. The van der Waals surface area contributed by atoms with Crippen LogP contribution in [0, 0.1) is 40.4 Å². The van der Waals surface area contributed by atoms with Crippen molar-refractivity contribution in [1.82, 2.24) is 0 Å². The lowest BCUT2D eigenvalue weighted by Crippen LogP contribution is -2.53. The van der Waals surface area contributed by atoms with Gasteiger partial charge < -0.3 is 4.74 Å². The van der Waals surface area contributed by atoms with E-state index in [9.17, 15) is 9.59 Å². The maximum atomic E-state index is 12.0. The van der Waals surface area contributed by atoms with Crippen LogP contribution in [0.3, 0.4) is 0 Å². The summed E-state index contributed by atoms with van der Waals surface area (Å²) in [4.78, 5) is 23.5. The van der Waals surface area contributed by atoms with Crippen molar-refractivity contribution in [3.05, 3.63) is 0 Å². The fourth-order valence-corrected chi connectivity index (χ4v) is 8.22. The van der Waals surface area contributed by atoms with Gasteiger partial charge >= 0.3 is 5.97 Å². The first-order valence-corrected chi connectivity index (χ1v) is 13.5. The van der Waals surface area contributed by atoms with Gasteiger partial charge in [0.25, 0.3) is 0 Å². The number of hydrogen-bond donors (Lipinski definition) is 0. The van der Waals surface area contributed by atoms with Gasteiger partial charge in [0.15, 0.2) is 0 Å². The highest BCUT2D eigenvalue weighted by atomic mass is 16.5. The first-order chi connectivity index (χ1) is 14.9. The Morgan fingerprint density at radius 3 is 2.25 bits per heavy atom. The predicted molar refractivity (Wildman–Crippen MR) is 136 cm³/mol. The van der Waals surface area contributed by atoms with Gasteiger partial charge in [-0.15, -0.1) is 0 Å². The Labute approximate surface area is 199 Å². The van der Waals surface area contributed by atoms with Crippen molar-refractivity contribution in [2.24, 2.45) is 40.4 Å². The summed E-state index contributed by atoms with van der Waals surface area (Å²) in [5, 5.41) is 0. The molecule has 0 heterocycles. The average Bonchev–Trinajstić information content (AvgIpc) is 3.13. The molecule has 0 bridgehead atoms. The van der Waals surface area contributed by atoms with Crippen molar-refractivity contribution in [2.75, 3.05) is 7.11 Å². The second kappa shape index (κ2) is 12.6. The monoisotopic (exact) mass is 450 g/mol. The third-order valence-electron chi connectivity index (χ3n) is 9.84. The maximum absolute atomic E-state index is 12.0. The Hall–Kier alpha value is -0.860. The summed E-state index contributed by atoms with van der Waals surface area (Å²) in [5.41, 5.74) is 0.895. The Kier molecular flexibility index (Phi) is 11.5. The largest absolute Gasteiger partial charge is 0.469 e. The van der Waals surface area contributed by atoms with E-state index in [1.54, 1.807) is 0 Å². The minimum absolute atomic E-state index is 0. The standard InChI is InChI=1S/C24H38O3.2C2H6.CH4/c1-23-14-12-21-19(9-7-17-15-18(25)11-13-24(17,21)2)20(23)10-8-16(23)5-4-6-22(26)27-3;2*1-2;/h16-17,19-21H,4-15H2,1-3H3;2*1-2H3;1H4/t16-,17+,19-,20?,21?,23+,24-;;;/m0.../s1. The molecule has 4 rings (SSSR count). The molecule has 4 saturated carbocycles. The van der Waals surface area contributed by atoms with Gasteiger partial charge in [-0.1, -0.05) is 49.0 Å². The molecule has 32 heavy (non-hydrogen) atoms. The van der Waals surface area contributed by atoms with E-state index in [-0.39, 0.29) is 13.4 Å². The molecule has 0 spiro atoms. The van der Waals surface area contributed by atoms with Gasteiger partial charge in [-0.05, 0) is 98.2 Å². The Morgan fingerprint density at radius 2 is 1.59 bits per heavy atom. The van der Waals surface area contributed by atoms with Gasteiger partial charge in [0.2, 0.25) is 0 Å². The number of ether oxygens (including phenoxy) is 1. The molecule has 4 aliphatic carbocycles. The minimum atomic E-state index is -0.0588. The van der Waals surface area contributed by atoms with Crippen molar-refractivity contribution >= 4 is 11.8 Å². The summed E-state index contributed by atoms with van der Waals surface area (Å²) in [6.07, 6.45) is 13.7. The molecule has 4 aliphatic rings. The highest BCUT2D eigenvalue weighted by Crippen LogP contribution is 2.67. The highest BCUT2D eigenvalue weighted by Gasteiger charge is 2.59. The molecule has 0 aromatic heterocycles. The number of carbonyl (C=O) groups is 2. The van der Waals surface area contributed by atoms with Crippen LogP contribution >= 0.6 is 0 Å². The van der Waals surface area contributed by atoms with Crippen molar-refractivity contribution in [1.29, 1.82) is 0 Å². The third-order valence-corrected chi connectivity index (χ3v) is 9.84. The first-order valence-electron chi connectivity index (χ1n) is 13.5. The third kappa shape index (κ3) is 5.44. The Morgan fingerprint density at radius 1 is 0.938 bits per heavy atom. The molecule has 0 aliphatic heterocycles. The number of methoxy groups -OCH3 is 1. The zero-order chi connectivity index (χ0) is 23.2. The number of fused-ring (bicyclic) bond motifs is 5. The number of hydrogen-bond acceptors (Lipinski definition) is 3. The smallest absolute Gasteiger partial charge is 0.305 e. The molecule has 3 nitrogen and oxygen atoms in total. The van der Waals surface area contributed by atoms with E-state index >= 15 is 0 Å². The molecule has 188 valence electrons. The van der Waals surface area contributed by atoms with Gasteiger partial charge in [-0.3, -0.25) is 9.59 Å². The van der Waals surface area contributed by atoms with Crippen LogP contribution in [-0.4, -0.2) is 18.9 Å². The molecular formula is C29H54O3. The Bertz CT molecular complexity index is 599. The average molecular weight is 451 g/mol. The summed E-state index contributed by atoms with van der Waals surface area (Å²) in [6, 6.07) is 0. The van der Waals surface area contributed by atoms with E-state index in [2.05, 4.69) is 13.8 Å². The number of esters is 1. The number of Topliss-reactive ketones (excluding diaryl/α,β-unsaturated/α-hetero) is 1. The van der Waals surface area contributed by atoms with Crippen LogP contribution in [0.15, 0.2) is 0 Å². The summed E-state index contributed by atoms with van der Waals surface area (Å²) >= 11 is 0. The van der Waals surface area contributed by atoms with Gasteiger partial charge in [0, 0.05) is 19.3 Å². The van der Waals surface area contributed by atoms with Crippen LogP contribution in [0.25, 0.3) is 0 Å². The van der Waals surface area contributed by atoms with E-state index in [1.165, 1.54) is 52.1 Å². The van der Waals surface area contributed by atoms with Crippen molar-refractivity contribution < 1.29 is 14.3 Å². The lowest BCUT2D eigenvalue weighted by Gasteiger charge is -2.60. The van der Waals surface area contributed by atoms with Crippen LogP contribution in [0.1, 0.15) is 126 Å². The van der Waals surface area contributed by atoms with E-state index in [4.69, 9.17) is 4.74 Å². The number of rotatable bonds is 4. The summed E-state index contributed by atoms with van der Waals surface area (Å²) in [6.45, 7) is 13.1. The zero-order valence-corrected chi connectivity index (χ0v) is 21.6. The minimum Gasteiger partial charge on any atom is -0.469 e. The second-order valence-corrected chi connectivity index (χ2v) is 10.7. The van der Waals surface area contributed by atoms with Crippen molar-refractivity contribution in [2.45, 2.75) is 126 Å². The number of ketones is 1. The molecule has 0 amide bonds. The summed E-state index contributed by atoms with van der Waals surface area (Å²) in [5.74, 6) is 4.49. The predicted octanol–water partition coefficient (Wildman–Crippen LogP) is 8.25. The Balaban J connectivity index is 0.000000971. The highest BCUT2D eigenvalue weighted by molar-refractivity contribution is 5.79. The van der Waals surface area contributed by atoms with E-state index in [0.717, 1.165) is 49.4 Å². The van der Waals surface area contributed by atoms with E-state index in [1.807, 2.05) is 27.7 Å². The quantitative estimate of drug-likeness (QED) is 0.405. The SMILES string of the molecule is C.CC.CC.COC(=O)CCC[C@H]1CCC2[C@@H]3CC[C@@H]4CC(=O)CC[C@]4(C)C3CC[C@@]21C. The van der Waals surface area contributed by atoms with Crippen molar-refractivity contribution in [3.63, 3.8) is 0 Å². The van der Waals surface area contributed by atoms with Crippen molar-refractivity contribution in [3.8, 4) is 0 Å². The van der Waals surface area contributed by atoms with E-state index in [0.29, 0.717) is 29.0 Å². The second-order valence-electron chi connectivity index (χ2n) is 10.7. The normalized spacial score (nSPS) is 39.5. The molecule has 0 saturated heterocycles. The molecular weight excluding hydrogens is 396 g/mol. The van der Waals surface area contributed by atoms with Gasteiger partial charge in [0.05, 0.1) is 7.11 Å². The first kappa shape index (κ1) is 29.2. The lowest BCUT2D eigenvalue weighted by atomic mass is 9.44. The molecule has 7 atom stereocenters. The molecule has 0 aromatic rings. The molecule has 4 fully saturated rings. The maximum Gasteiger partial charge on any atom is 0.305 e. The summed E-state index contributed by atoms with van der Waals surface area (Å²) < 4.78 is 4.82. The van der Waals surface area contributed by atoms with Gasteiger partial charge in [-0.25, -0.2) is 0 Å². The van der Waals surface area contributed by atoms with E-state index < -0.39 is 0 Å². The molecule has 0 N–H and O–H groups in total. The van der Waals surface area contributed by atoms with Crippen LogP contribution in [0.5, 0.6) is 0 Å². The van der Waals surface area contributed by atoms with Crippen LogP contribution in [0.4, 0.5) is 0 Å².